The fraction of sp³-hybridized carbons (Fsp3) is 0.312. The lowest BCUT2D eigenvalue weighted by Gasteiger charge is -2.36. The maximum atomic E-state index is 12.2. The number of anilines is 1. The Hall–Kier alpha value is -1.43. The second-order valence-electron chi connectivity index (χ2n) is 5.28. The Morgan fingerprint density at radius 1 is 1.33 bits per heavy atom. The normalized spacial score (nSPS) is 15.5. The van der Waals surface area contributed by atoms with Gasteiger partial charge >= 0.3 is 7.60 Å². The molecule has 0 spiro atoms. The molecule has 0 fully saturated rings. The van der Waals surface area contributed by atoms with Gasteiger partial charge in [0.2, 0.25) is 4.62 Å². The van der Waals surface area contributed by atoms with E-state index in [0.717, 1.165) is 5.56 Å². The van der Waals surface area contributed by atoms with Crippen molar-refractivity contribution in [2.24, 2.45) is 0 Å². The van der Waals surface area contributed by atoms with Crippen molar-refractivity contribution in [2.75, 3.05) is 11.9 Å². The summed E-state index contributed by atoms with van der Waals surface area (Å²) in [6, 6.07) is 11.7. The molecule has 1 heterocycles. The average Bonchev–Trinajstić information content (AvgIpc) is 2.53. The molecule has 0 aliphatic heterocycles. The molecule has 2 aromatic rings. The predicted molar refractivity (Wildman–Crippen MR) is 94.0 cm³/mol. The molecule has 8 heteroatoms. The summed E-state index contributed by atoms with van der Waals surface area (Å²) >= 11 is 6.50. The SMILES string of the molecule is CCOC(Nc1cc(C)ccn1)C(Cl)(c1ccccc1)P(=O)(O)O. The number of benzene rings is 1. The van der Waals surface area contributed by atoms with Crippen LogP contribution in [0, 0.1) is 6.92 Å². The molecule has 0 aliphatic carbocycles. The summed E-state index contributed by atoms with van der Waals surface area (Å²) in [6.07, 6.45) is 0.415. The maximum absolute atomic E-state index is 12.2. The quantitative estimate of drug-likeness (QED) is 0.393. The lowest BCUT2D eigenvalue weighted by molar-refractivity contribution is 0.0629. The third kappa shape index (κ3) is 3.97. The number of hydrogen-bond donors (Lipinski definition) is 3. The summed E-state index contributed by atoms with van der Waals surface area (Å²) in [5.74, 6) is 0.419. The molecular weight excluding hydrogens is 351 g/mol. The molecule has 1 aromatic heterocycles. The highest BCUT2D eigenvalue weighted by molar-refractivity contribution is 7.55. The molecule has 1 aromatic carbocycles. The van der Waals surface area contributed by atoms with Crippen LogP contribution in [0.1, 0.15) is 18.1 Å². The van der Waals surface area contributed by atoms with E-state index in [1.54, 1.807) is 49.5 Å². The molecule has 24 heavy (non-hydrogen) atoms. The molecule has 2 atom stereocenters. The topological polar surface area (TPSA) is 91.7 Å². The number of halogens is 1. The number of alkyl halides is 1. The van der Waals surface area contributed by atoms with Gasteiger partial charge in [0, 0.05) is 12.8 Å². The minimum absolute atomic E-state index is 0.213. The van der Waals surface area contributed by atoms with Crippen molar-refractivity contribution in [3.05, 3.63) is 59.8 Å². The molecule has 6 nitrogen and oxygen atoms in total. The van der Waals surface area contributed by atoms with Crippen LogP contribution in [0.3, 0.4) is 0 Å². The van der Waals surface area contributed by atoms with E-state index >= 15 is 0 Å². The molecule has 2 rings (SSSR count). The van der Waals surface area contributed by atoms with E-state index < -0.39 is 18.4 Å². The third-order valence-corrected chi connectivity index (χ3v) is 5.90. The monoisotopic (exact) mass is 370 g/mol. The molecular formula is C16H20ClN2O4P. The van der Waals surface area contributed by atoms with Gasteiger partial charge in [-0.3, -0.25) is 4.57 Å². The molecule has 3 N–H and O–H groups in total. The van der Waals surface area contributed by atoms with Crippen LogP contribution in [-0.2, 0) is 13.9 Å². The van der Waals surface area contributed by atoms with Crippen LogP contribution in [0.2, 0.25) is 0 Å². The summed E-state index contributed by atoms with van der Waals surface area (Å²) < 4.78 is 15.7. The molecule has 130 valence electrons. The largest absolute Gasteiger partial charge is 0.356 e. The van der Waals surface area contributed by atoms with Gasteiger partial charge in [-0.05, 0) is 37.1 Å². The number of pyridine rings is 1. The molecule has 0 aliphatic rings. The Labute approximate surface area is 146 Å². The van der Waals surface area contributed by atoms with Crippen molar-refractivity contribution in [1.82, 2.24) is 4.98 Å². The van der Waals surface area contributed by atoms with Crippen molar-refractivity contribution < 1.29 is 19.1 Å². The summed E-state index contributed by atoms with van der Waals surface area (Å²) in [6.45, 7) is 3.82. The van der Waals surface area contributed by atoms with Gasteiger partial charge in [0.1, 0.15) is 5.82 Å². The van der Waals surface area contributed by atoms with Crippen LogP contribution in [0.25, 0.3) is 0 Å². The molecule has 0 radical (unpaired) electrons. The number of aryl methyl sites for hydroxylation is 1. The van der Waals surface area contributed by atoms with Crippen molar-refractivity contribution in [1.29, 1.82) is 0 Å². The summed E-state index contributed by atoms with van der Waals surface area (Å²) in [7, 11) is -4.79. The number of hydrogen-bond acceptors (Lipinski definition) is 4. The van der Waals surface area contributed by atoms with Gasteiger partial charge < -0.3 is 19.8 Å². The lowest BCUT2D eigenvalue weighted by atomic mass is 10.1. The first kappa shape index (κ1) is 18.9. The van der Waals surface area contributed by atoms with E-state index in [0.29, 0.717) is 5.82 Å². The van der Waals surface area contributed by atoms with Crippen LogP contribution in [-0.4, -0.2) is 27.6 Å². The molecule has 2 unspecified atom stereocenters. The van der Waals surface area contributed by atoms with E-state index in [-0.39, 0.29) is 12.2 Å². The minimum Gasteiger partial charge on any atom is -0.356 e. The van der Waals surface area contributed by atoms with Gasteiger partial charge in [-0.25, -0.2) is 4.98 Å². The van der Waals surface area contributed by atoms with Gasteiger partial charge in [0.05, 0.1) is 0 Å². The highest BCUT2D eigenvalue weighted by Gasteiger charge is 2.54. The third-order valence-electron chi connectivity index (χ3n) is 3.48. The second-order valence-corrected chi connectivity index (χ2v) is 7.93. The van der Waals surface area contributed by atoms with Crippen LogP contribution in [0.15, 0.2) is 48.7 Å². The van der Waals surface area contributed by atoms with E-state index in [4.69, 9.17) is 16.3 Å². The van der Waals surface area contributed by atoms with Gasteiger partial charge in [-0.15, -0.1) is 0 Å². The van der Waals surface area contributed by atoms with Crippen molar-refractivity contribution in [3.8, 4) is 0 Å². The van der Waals surface area contributed by atoms with E-state index in [1.807, 2.05) is 13.0 Å². The highest BCUT2D eigenvalue weighted by atomic mass is 35.5. The fourth-order valence-electron chi connectivity index (χ4n) is 2.31. The summed E-state index contributed by atoms with van der Waals surface area (Å²) in [5.41, 5.74) is 1.21. The first-order valence-electron chi connectivity index (χ1n) is 7.40. The van der Waals surface area contributed by atoms with Gasteiger partial charge in [-0.1, -0.05) is 41.9 Å². The number of nitrogens with zero attached hydrogens (tertiary/aromatic N) is 1. The van der Waals surface area contributed by atoms with Crippen molar-refractivity contribution >= 4 is 25.0 Å². The van der Waals surface area contributed by atoms with E-state index in [1.165, 1.54) is 0 Å². The Morgan fingerprint density at radius 2 is 2.00 bits per heavy atom. The summed E-state index contributed by atoms with van der Waals surface area (Å²) in [5, 5.41) is 2.91. The Bertz CT molecular complexity index is 725. The van der Waals surface area contributed by atoms with Crippen LogP contribution < -0.4 is 5.32 Å². The highest BCUT2D eigenvalue weighted by Crippen LogP contribution is 2.62. The summed E-state index contributed by atoms with van der Waals surface area (Å²) in [4.78, 5) is 24.1. The zero-order chi connectivity index (χ0) is 17.8. The number of nitrogens with one attached hydrogen (secondary N) is 1. The van der Waals surface area contributed by atoms with Crippen molar-refractivity contribution in [2.45, 2.75) is 24.7 Å². The van der Waals surface area contributed by atoms with Gasteiger partial charge in [-0.2, -0.15) is 0 Å². The molecule has 0 saturated carbocycles. The van der Waals surface area contributed by atoms with Gasteiger partial charge in [0.15, 0.2) is 6.23 Å². The predicted octanol–water partition coefficient (Wildman–Crippen LogP) is 3.43. The second kappa shape index (κ2) is 7.64. The van der Waals surface area contributed by atoms with E-state index in [2.05, 4.69) is 10.3 Å². The fourth-order valence-corrected chi connectivity index (χ4v) is 3.48. The number of aromatic nitrogens is 1. The van der Waals surface area contributed by atoms with Crippen LogP contribution >= 0.6 is 19.2 Å². The molecule has 0 amide bonds. The van der Waals surface area contributed by atoms with E-state index in [9.17, 15) is 14.4 Å². The van der Waals surface area contributed by atoms with Crippen molar-refractivity contribution in [3.63, 3.8) is 0 Å². The number of ether oxygens (including phenoxy) is 1. The first-order chi connectivity index (χ1) is 11.3. The molecule has 0 saturated heterocycles. The zero-order valence-electron chi connectivity index (χ0n) is 13.4. The lowest BCUT2D eigenvalue weighted by Crippen LogP contribution is -2.42. The standard InChI is InChI=1S/C16H20ClN2O4P/c1-3-23-15(19-14-11-12(2)9-10-18-14)16(17,24(20,21)22)13-7-5-4-6-8-13/h4-11,15H,3H2,1-2H3,(H,18,19)(H2,20,21,22). The maximum Gasteiger partial charge on any atom is 0.355 e. The Morgan fingerprint density at radius 3 is 2.54 bits per heavy atom. The van der Waals surface area contributed by atoms with Crippen LogP contribution in [0.5, 0.6) is 0 Å². The van der Waals surface area contributed by atoms with Gasteiger partial charge in [0.25, 0.3) is 0 Å². The smallest absolute Gasteiger partial charge is 0.355 e. The minimum atomic E-state index is -4.79. The zero-order valence-corrected chi connectivity index (χ0v) is 15.0. The average molecular weight is 371 g/mol. The number of rotatable bonds is 7. The first-order valence-corrected chi connectivity index (χ1v) is 9.39. The Balaban J connectivity index is 2.49. The molecule has 0 bridgehead atoms. The Kier molecular flexibility index (Phi) is 6.01. The van der Waals surface area contributed by atoms with Crippen LogP contribution in [0.4, 0.5) is 5.82 Å².